The summed E-state index contributed by atoms with van der Waals surface area (Å²) in [6.07, 6.45) is 2.47. The number of likely N-dealkylation sites (N-methyl/N-ethyl adjacent to an activating group) is 1. The first kappa shape index (κ1) is 14.8. The van der Waals surface area contributed by atoms with Gasteiger partial charge in [-0.15, -0.1) is 0 Å². The highest BCUT2D eigenvalue weighted by atomic mass is 79.9. The van der Waals surface area contributed by atoms with Crippen LogP contribution in [0.2, 0.25) is 0 Å². The fraction of sp³-hybridized carbons (Fsp3) is 0.368. The Morgan fingerprint density at radius 3 is 2.52 bits per heavy atom. The molecule has 0 saturated heterocycles. The summed E-state index contributed by atoms with van der Waals surface area (Å²) in [7, 11) is 0. The van der Waals surface area contributed by atoms with E-state index in [9.17, 15) is 0 Å². The van der Waals surface area contributed by atoms with Crippen molar-refractivity contribution in [3.63, 3.8) is 0 Å². The lowest BCUT2D eigenvalue weighted by Gasteiger charge is -2.49. The first-order chi connectivity index (χ1) is 10.2. The van der Waals surface area contributed by atoms with Gasteiger partial charge in [0.1, 0.15) is 0 Å². The van der Waals surface area contributed by atoms with Gasteiger partial charge in [0.25, 0.3) is 0 Å². The Hall–Kier alpha value is -1.12. The molecule has 0 bridgehead atoms. The van der Waals surface area contributed by atoms with Crippen molar-refractivity contribution in [2.75, 3.05) is 13.1 Å². The minimum Gasteiger partial charge on any atom is -0.316 e. The number of nitrogens with one attached hydrogen (secondary N) is 1. The zero-order chi connectivity index (χ0) is 14.7. The molecule has 0 aromatic heterocycles. The molecule has 1 aliphatic rings. The van der Waals surface area contributed by atoms with Crippen LogP contribution < -0.4 is 5.32 Å². The maximum Gasteiger partial charge on any atom is 0.0178 e. The van der Waals surface area contributed by atoms with Crippen molar-refractivity contribution in [3.05, 3.63) is 70.2 Å². The van der Waals surface area contributed by atoms with Crippen LogP contribution in [0.15, 0.2) is 59.1 Å². The van der Waals surface area contributed by atoms with E-state index in [1.165, 1.54) is 28.4 Å². The fourth-order valence-corrected chi connectivity index (χ4v) is 3.91. The number of halogens is 1. The highest BCUT2D eigenvalue weighted by Crippen LogP contribution is 2.52. The second-order valence-electron chi connectivity index (χ2n) is 6.09. The molecule has 2 heteroatoms. The molecule has 0 atom stereocenters. The molecule has 1 aliphatic carbocycles. The molecule has 0 aliphatic heterocycles. The smallest absolute Gasteiger partial charge is 0.0178 e. The molecule has 0 spiro atoms. The second kappa shape index (κ2) is 6.33. The predicted molar refractivity (Wildman–Crippen MR) is 92.8 cm³/mol. The summed E-state index contributed by atoms with van der Waals surface area (Å²) in [5, 5.41) is 3.57. The lowest BCUT2D eigenvalue weighted by molar-refractivity contribution is 0.195. The third kappa shape index (κ3) is 3.07. The molecule has 2 aromatic rings. The van der Waals surface area contributed by atoms with Crippen LogP contribution in [0.1, 0.15) is 36.8 Å². The van der Waals surface area contributed by atoms with Crippen LogP contribution in [0.4, 0.5) is 0 Å². The van der Waals surface area contributed by atoms with Crippen LogP contribution in [0.3, 0.4) is 0 Å². The molecule has 1 N–H and O–H groups in total. The van der Waals surface area contributed by atoms with Crippen molar-refractivity contribution < 1.29 is 0 Å². The fourth-order valence-electron chi connectivity index (χ4n) is 3.51. The zero-order valence-corrected chi connectivity index (χ0v) is 14.1. The average molecular weight is 344 g/mol. The average Bonchev–Trinajstić information content (AvgIpc) is 2.47. The van der Waals surface area contributed by atoms with Crippen molar-refractivity contribution in [1.29, 1.82) is 0 Å². The van der Waals surface area contributed by atoms with Gasteiger partial charge in [-0.2, -0.15) is 0 Å². The number of hydrogen-bond donors (Lipinski definition) is 1. The van der Waals surface area contributed by atoms with E-state index in [0.29, 0.717) is 11.3 Å². The third-order valence-electron chi connectivity index (χ3n) is 4.70. The van der Waals surface area contributed by atoms with Gasteiger partial charge in [-0.3, -0.25) is 0 Å². The minimum absolute atomic E-state index is 0.292. The number of hydrogen-bond acceptors (Lipinski definition) is 1. The Morgan fingerprint density at radius 1 is 1.10 bits per heavy atom. The summed E-state index contributed by atoms with van der Waals surface area (Å²) in [5.74, 6) is 0.698. The Bertz CT molecular complexity index is 588. The molecule has 3 rings (SSSR count). The van der Waals surface area contributed by atoms with E-state index in [0.717, 1.165) is 13.1 Å². The molecule has 1 fully saturated rings. The number of rotatable bonds is 5. The molecule has 21 heavy (non-hydrogen) atoms. The highest BCUT2D eigenvalue weighted by Gasteiger charge is 2.45. The highest BCUT2D eigenvalue weighted by molar-refractivity contribution is 9.10. The SMILES string of the molecule is CCNCC1(c2cccc(Br)c2)CC(c2ccccc2)C1. The maximum absolute atomic E-state index is 3.62. The molecule has 0 amide bonds. The lowest BCUT2D eigenvalue weighted by atomic mass is 9.57. The van der Waals surface area contributed by atoms with Gasteiger partial charge in [-0.05, 0) is 48.6 Å². The topological polar surface area (TPSA) is 12.0 Å². The van der Waals surface area contributed by atoms with E-state index in [1.807, 2.05) is 0 Å². The second-order valence-corrected chi connectivity index (χ2v) is 7.00. The van der Waals surface area contributed by atoms with Crippen molar-refractivity contribution in [2.24, 2.45) is 0 Å². The van der Waals surface area contributed by atoms with Gasteiger partial charge in [0.2, 0.25) is 0 Å². The van der Waals surface area contributed by atoms with E-state index >= 15 is 0 Å². The van der Waals surface area contributed by atoms with Crippen LogP contribution in [-0.4, -0.2) is 13.1 Å². The summed E-state index contributed by atoms with van der Waals surface area (Å²) in [4.78, 5) is 0. The molecule has 1 nitrogen and oxygen atoms in total. The van der Waals surface area contributed by atoms with Crippen LogP contribution in [0, 0.1) is 0 Å². The van der Waals surface area contributed by atoms with E-state index in [-0.39, 0.29) is 0 Å². The maximum atomic E-state index is 3.62. The first-order valence-corrected chi connectivity index (χ1v) is 8.54. The molecular formula is C19H22BrN. The van der Waals surface area contributed by atoms with Gasteiger partial charge in [0.05, 0.1) is 0 Å². The predicted octanol–water partition coefficient (Wildman–Crippen LogP) is 4.87. The number of benzene rings is 2. The monoisotopic (exact) mass is 343 g/mol. The van der Waals surface area contributed by atoms with Gasteiger partial charge in [0, 0.05) is 16.4 Å². The van der Waals surface area contributed by atoms with Crippen molar-refractivity contribution >= 4 is 15.9 Å². The Balaban J connectivity index is 1.81. The van der Waals surface area contributed by atoms with Crippen LogP contribution in [0.25, 0.3) is 0 Å². The first-order valence-electron chi connectivity index (χ1n) is 7.75. The minimum atomic E-state index is 0.292. The standard InChI is InChI=1S/C19H22BrN/c1-2-21-14-19(17-9-6-10-18(20)11-17)12-16(13-19)15-7-4-3-5-8-15/h3-11,16,21H,2,12-14H2,1H3. The summed E-state index contributed by atoms with van der Waals surface area (Å²) < 4.78 is 1.18. The Morgan fingerprint density at radius 2 is 1.86 bits per heavy atom. The lowest BCUT2D eigenvalue weighted by Crippen LogP contribution is -2.47. The molecule has 2 aromatic carbocycles. The van der Waals surface area contributed by atoms with Crippen LogP contribution >= 0.6 is 15.9 Å². The molecule has 0 heterocycles. The normalized spacial score (nSPS) is 24.6. The van der Waals surface area contributed by atoms with E-state index < -0.39 is 0 Å². The van der Waals surface area contributed by atoms with E-state index in [1.54, 1.807) is 0 Å². The quantitative estimate of drug-likeness (QED) is 0.816. The molecular weight excluding hydrogens is 322 g/mol. The van der Waals surface area contributed by atoms with Crippen LogP contribution in [-0.2, 0) is 5.41 Å². The third-order valence-corrected chi connectivity index (χ3v) is 5.19. The molecule has 0 radical (unpaired) electrons. The van der Waals surface area contributed by atoms with Crippen LogP contribution in [0.5, 0.6) is 0 Å². The van der Waals surface area contributed by atoms with Crippen molar-refractivity contribution in [2.45, 2.75) is 31.1 Å². The van der Waals surface area contributed by atoms with E-state index in [4.69, 9.17) is 0 Å². The van der Waals surface area contributed by atoms with Gasteiger partial charge in [-0.25, -0.2) is 0 Å². The Kier molecular flexibility index (Phi) is 4.46. The van der Waals surface area contributed by atoms with E-state index in [2.05, 4.69) is 82.8 Å². The van der Waals surface area contributed by atoms with Gasteiger partial charge < -0.3 is 5.32 Å². The largest absolute Gasteiger partial charge is 0.316 e. The molecule has 110 valence electrons. The van der Waals surface area contributed by atoms with Crippen molar-refractivity contribution in [1.82, 2.24) is 5.32 Å². The van der Waals surface area contributed by atoms with Gasteiger partial charge >= 0.3 is 0 Å². The summed E-state index contributed by atoms with van der Waals surface area (Å²) in [5.41, 5.74) is 3.24. The van der Waals surface area contributed by atoms with Gasteiger partial charge in [0.15, 0.2) is 0 Å². The zero-order valence-electron chi connectivity index (χ0n) is 12.5. The molecule has 0 unspecified atom stereocenters. The van der Waals surface area contributed by atoms with Gasteiger partial charge in [-0.1, -0.05) is 65.3 Å². The van der Waals surface area contributed by atoms with Crippen molar-refractivity contribution in [3.8, 4) is 0 Å². The summed E-state index contributed by atoms with van der Waals surface area (Å²) in [6, 6.07) is 19.8. The molecule has 1 saturated carbocycles. The summed E-state index contributed by atoms with van der Waals surface area (Å²) in [6.45, 7) is 4.29. The summed E-state index contributed by atoms with van der Waals surface area (Å²) >= 11 is 3.62. The Labute approximate surface area is 135 Å².